The third kappa shape index (κ3) is 1.47. The highest BCUT2D eigenvalue weighted by atomic mass is 35.7. The van der Waals surface area contributed by atoms with Gasteiger partial charge in [-0.05, 0) is 12.1 Å². The van der Waals surface area contributed by atoms with Crippen LogP contribution in [-0.4, -0.2) is 13.6 Å². The zero-order valence-corrected chi connectivity index (χ0v) is 8.90. The highest BCUT2D eigenvalue weighted by Gasteiger charge is 2.19. The molecule has 0 spiro atoms. The minimum atomic E-state index is -3.83. The summed E-state index contributed by atoms with van der Waals surface area (Å²) in [5, 5.41) is 3.64. The molecule has 0 amide bonds. The number of aromatic nitrogens is 1. The van der Waals surface area contributed by atoms with Crippen molar-refractivity contribution in [3.8, 4) is 0 Å². The molecule has 0 saturated carbocycles. The summed E-state index contributed by atoms with van der Waals surface area (Å²) in [6, 6.07) is 4.40. The molecule has 0 saturated heterocycles. The first-order chi connectivity index (χ1) is 6.50. The van der Waals surface area contributed by atoms with Crippen molar-refractivity contribution in [1.82, 2.24) is 5.16 Å². The van der Waals surface area contributed by atoms with Gasteiger partial charge in [-0.3, -0.25) is 0 Å². The molecule has 0 bridgehead atoms. The molecule has 1 heterocycles. The molecule has 0 aliphatic heterocycles. The Balaban J connectivity index is 2.96. The molecule has 0 aliphatic carbocycles. The zero-order chi connectivity index (χ0) is 10.3. The van der Waals surface area contributed by atoms with Gasteiger partial charge in [-0.2, -0.15) is 0 Å². The van der Waals surface area contributed by atoms with Crippen LogP contribution in [0.3, 0.4) is 0 Å². The first-order valence-corrected chi connectivity index (χ1v) is 6.17. The van der Waals surface area contributed by atoms with Crippen molar-refractivity contribution in [1.29, 1.82) is 0 Å². The second kappa shape index (κ2) is 3.12. The van der Waals surface area contributed by atoms with Gasteiger partial charge in [-0.15, -0.1) is 0 Å². The molecule has 1 aromatic heterocycles. The standard InChI is InChI=1S/C7H3Cl2NO3S/c8-7-6-4(13-10-7)2-1-3-5(6)14(9,11)12/h1-3H. The number of halogens is 2. The molecule has 0 N–H and O–H groups in total. The summed E-state index contributed by atoms with van der Waals surface area (Å²) in [6.07, 6.45) is 0. The fraction of sp³-hybridized carbons (Fsp3) is 0. The summed E-state index contributed by atoms with van der Waals surface area (Å²) >= 11 is 5.66. The molecule has 0 unspecified atom stereocenters. The van der Waals surface area contributed by atoms with Crippen molar-refractivity contribution in [3.63, 3.8) is 0 Å². The largest absolute Gasteiger partial charge is 0.355 e. The van der Waals surface area contributed by atoms with Crippen molar-refractivity contribution in [2.45, 2.75) is 4.90 Å². The lowest BCUT2D eigenvalue weighted by Gasteiger charge is -1.95. The van der Waals surface area contributed by atoms with Crippen LogP contribution in [0.5, 0.6) is 0 Å². The maximum Gasteiger partial charge on any atom is 0.262 e. The molecule has 0 atom stereocenters. The topological polar surface area (TPSA) is 60.2 Å². The Hall–Kier alpha value is -0.780. The van der Waals surface area contributed by atoms with Crippen LogP contribution in [0.2, 0.25) is 5.15 Å². The number of nitrogens with zero attached hydrogens (tertiary/aromatic N) is 1. The Bertz CT molecular complexity index is 590. The van der Waals surface area contributed by atoms with Gasteiger partial charge in [0, 0.05) is 10.7 Å². The van der Waals surface area contributed by atoms with Crippen LogP contribution in [0.4, 0.5) is 0 Å². The van der Waals surface area contributed by atoms with Gasteiger partial charge in [0.1, 0.15) is 0 Å². The third-order valence-electron chi connectivity index (χ3n) is 1.68. The second-order valence-corrected chi connectivity index (χ2v) is 5.43. The molecule has 0 radical (unpaired) electrons. The van der Waals surface area contributed by atoms with Gasteiger partial charge in [-0.1, -0.05) is 22.8 Å². The summed E-state index contributed by atoms with van der Waals surface area (Å²) in [4.78, 5) is -0.0945. The predicted octanol–water partition coefficient (Wildman–Crippen LogP) is 2.41. The van der Waals surface area contributed by atoms with Crippen molar-refractivity contribution in [2.24, 2.45) is 0 Å². The van der Waals surface area contributed by atoms with Crippen molar-refractivity contribution < 1.29 is 12.9 Å². The van der Waals surface area contributed by atoms with Crippen molar-refractivity contribution in [2.75, 3.05) is 0 Å². The summed E-state index contributed by atoms with van der Waals surface area (Å²) in [5.74, 6) is 0. The molecule has 2 rings (SSSR count). The molecule has 74 valence electrons. The number of rotatable bonds is 1. The number of hydrogen-bond donors (Lipinski definition) is 0. The molecule has 14 heavy (non-hydrogen) atoms. The molecule has 4 nitrogen and oxygen atoms in total. The normalized spacial score (nSPS) is 12.1. The summed E-state index contributed by atoms with van der Waals surface area (Å²) < 4.78 is 27.0. The van der Waals surface area contributed by atoms with E-state index >= 15 is 0 Å². The molecular weight excluding hydrogens is 249 g/mol. The average Bonchev–Trinajstić information content (AvgIpc) is 2.46. The lowest BCUT2D eigenvalue weighted by atomic mass is 10.3. The molecule has 1 aromatic carbocycles. The quantitative estimate of drug-likeness (QED) is 0.731. The first-order valence-electron chi connectivity index (χ1n) is 3.49. The van der Waals surface area contributed by atoms with E-state index < -0.39 is 9.05 Å². The molecular formula is C7H3Cl2NO3S. The number of benzene rings is 1. The van der Waals surface area contributed by atoms with E-state index in [1.54, 1.807) is 6.07 Å². The summed E-state index contributed by atoms with van der Waals surface area (Å²) in [7, 11) is 1.38. The Kier molecular flexibility index (Phi) is 2.17. The van der Waals surface area contributed by atoms with Gasteiger partial charge in [-0.25, -0.2) is 8.42 Å². The van der Waals surface area contributed by atoms with E-state index in [1.807, 2.05) is 0 Å². The van der Waals surface area contributed by atoms with Gasteiger partial charge in [0.25, 0.3) is 9.05 Å². The van der Waals surface area contributed by atoms with Gasteiger partial charge >= 0.3 is 0 Å². The molecule has 2 aromatic rings. The van der Waals surface area contributed by atoms with E-state index in [0.29, 0.717) is 0 Å². The molecule has 7 heteroatoms. The third-order valence-corrected chi connectivity index (χ3v) is 3.30. The van der Waals surface area contributed by atoms with E-state index in [9.17, 15) is 8.42 Å². The van der Waals surface area contributed by atoms with Gasteiger partial charge in [0.2, 0.25) is 0 Å². The predicted molar refractivity (Wildman–Crippen MR) is 52.1 cm³/mol. The summed E-state index contributed by atoms with van der Waals surface area (Å²) in [5.41, 5.74) is 0.289. The van der Waals surface area contributed by atoms with E-state index in [2.05, 4.69) is 5.16 Å². The van der Waals surface area contributed by atoms with Crippen LogP contribution in [0, 0.1) is 0 Å². The highest BCUT2D eigenvalue weighted by molar-refractivity contribution is 8.14. The minimum absolute atomic E-state index is 0.0141. The Morgan fingerprint density at radius 1 is 1.36 bits per heavy atom. The van der Waals surface area contributed by atoms with Crippen molar-refractivity contribution >= 4 is 42.3 Å². The van der Waals surface area contributed by atoms with Crippen molar-refractivity contribution in [3.05, 3.63) is 23.4 Å². The fourth-order valence-corrected chi connectivity index (χ4v) is 2.48. The Morgan fingerprint density at radius 3 is 2.71 bits per heavy atom. The monoisotopic (exact) mass is 251 g/mol. The zero-order valence-electron chi connectivity index (χ0n) is 6.57. The fourth-order valence-electron chi connectivity index (χ4n) is 1.13. The van der Waals surface area contributed by atoms with E-state index in [1.165, 1.54) is 12.1 Å². The van der Waals surface area contributed by atoms with E-state index in [0.717, 1.165) is 0 Å². The molecule has 0 aliphatic rings. The Labute approximate surface area is 88.8 Å². The van der Waals surface area contributed by atoms with Crippen LogP contribution in [0.15, 0.2) is 27.6 Å². The van der Waals surface area contributed by atoms with Gasteiger partial charge in [0.05, 0.1) is 10.3 Å². The lowest BCUT2D eigenvalue weighted by Crippen LogP contribution is -1.90. The van der Waals surface area contributed by atoms with Crippen LogP contribution in [-0.2, 0) is 9.05 Å². The second-order valence-electron chi connectivity index (χ2n) is 2.54. The summed E-state index contributed by atoms with van der Waals surface area (Å²) in [6.45, 7) is 0. The van der Waals surface area contributed by atoms with Gasteiger partial charge in [0.15, 0.2) is 10.7 Å². The number of hydrogen-bond acceptors (Lipinski definition) is 4. The van der Waals surface area contributed by atoms with E-state index in [-0.39, 0.29) is 21.0 Å². The van der Waals surface area contributed by atoms with E-state index in [4.69, 9.17) is 26.8 Å². The van der Waals surface area contributed by atoms with Crippen LogP contribution >= 0.6 is 22.3 Å². The van der Waals surface area contributed by atoms with Crippen LogP contribution in [0.25, 0.3) is 11.0 Å². The minimum Gasteiger partial charge on any atom is -0.355 e. The first kappa shape index (κ1) is 9.76. The van der Waals surface area contributed by atoms with Gasteiger partial charge < -0.3 is 4.52 Å². The number of fused-ring (bicyclic) bond motifs is 1. The van der Waals surface area contributed by atoms with Crippen LogP contribution < -0.4 is 0 Å². The molecule has 0 fully saturated rings. The smallest absolute Gasteiger partial charge is 0.262 e. The SMILES string of the molecule is O=S(=O)(Cl)c1cccc2onc(Cl)c12. The van der Waals surface area contributed by atoms with Crippen LogP contribution in [0.1, 0.15) is 0 Å². The highest BCUT2D eigenvalue weighted by Crippen LogP contribution is 2.30. The maximum atomic E-state index is 11.1. The maximum absolute atomic E-state index is 11.1. The average molecular weight is 252 g/mol. The Morgan fingerprint density at radius 2 is 2.07 bits per heavy atom. The lowest BCUT2D eigenvalue weighted by molar-refractivity contribution is 0.457.